The molecule has 0 saturated carbocycles. The van der Waals surface area contributed by atoms with E-state index in [1.165, 1.54) is 22.3 Å². The monoisotopic (exact) mass is 537 g/mol. The molecular formula is C26H21F2N5O4S. The number of hydrogen-bond acceptors (Lipinski definition) is 7. The van der Waals surface area contributed by atoms with Gasteiger partial charge in [0.25, 0.3) is 0 Å². The fraction of sp³-hybridized carbons (Fsp3) is 0.308. The van der Waals surface area contributed by atoms with Crippen molar-refractivity contribution in [1.29, 1.82) is 0 Å². The Morgan fingerprint density at radius 1 is 1.11 bits per heavy atom. The summed E-state index contributed by atoms with van der Waals surface area (Å²) in [7, 11) is 0. The van der Waals surface area contributed by atoms with Crippen LogP contribution in [-0.2, 0) is 20.7 Å². The van der Waals surface area contributed by atoms with Gasteiger partial charge in [0, 0.05) is 19.2 Å². The predicted octanol–water partition coefficient (Wildman–Crippen LogP) is 2.71. The van der Waals surface area contributed by atoms with Crippen LogP contribution in [0.5, 0.6) is 0 Å². The van der Waals surface area contributed by atoms with Crippen molar-refractivity contribution in [3.63, 3.8) is 0 Å². The molecule has 2 saturated heterocycles. The number of barbiturate groups is 1. The lowest BCUT2D eigenvalue weighted by Gasteiger charge is -2.55. The average molecular weight is 538 g/mol. The molecule has 5 heterocycles. The van der Waals surface area contributed by atoms with Crippen molar-refractivity contribution in [1.82, 2.24) is 20.8 Å². The van der Waals surface area contributed by atoms with Crippen molar-refractivity contribution in [3.8, 4) is 22.4 Å². The second kappa shape index (κ2) is 8.75. The Kier molecular flexibility index (Phi) is 5.59. The number of aromatic amines is 1. The van der Waals surface area contributed by atoms with Crippen molar-refractivity contribution in [2.45, 2.75) is 38.5 Å². The van der Waals surface area contributed by atoms with Crippen LogP contribution in [0.2, 0.25) is 0 Å². The van der Waals surface area contributed by atoms with E-state index >= 15 is 8.78 Å². The van der Waals surface area contributed by atoms with Crippen LogP contribution in [0.1, 0.15) is 29.9 Å². The molecule has 0 aliphatic carbocycles. The quantitative estimate of drug-likeness (QED) is 0.325. The van der Waals surface area contributed by atoms with E-state index < -0.39 is 47.0 Å². The zero-order chi connectivity index (χ0) is 26.8. The van der Waals surface area contributed by atoms with Crippen molar-refractivity contribution >= 4 is 34.9 Å². The van der Waals surface area contributed by atoms with Gasteiger partial charge in [-0.15, -0.1) is 11.3 Å². The molecule has 0 radical (unpaired) electrons. The van der Waals surface area contributed by atoms with E-state index in [9.17, 15) is 14.4 Å². The molecule has 3 atom stereocenters. The summed E-state index contributed by atoms with van der Waals surface area (Å²) in [6.45, 7) is 3.56. The van der Waals surface area contributed by atoms with Crippen molar-refractivity contribution in [3.05, 3.63) is 58.1 Å². The standard InChI is InChI=1S/C26H21F2N5O4S/c1-12-11-33-21-15(10-26(22(33)13(2)37-12)23(34)30-25(36)31-24(26)35)9-14(19(27)20(21)28)3-4-16-5-6-18(38-16)17-7-8-29-32-17/h5-9,12-13,22H,10-11H2,1-2H3,(H,29,32)(H2,30,31,34,35,36)/t12-,13+,22-/m1/s1. The highest BCUT2D eigenvalue weighted by atomic mass is 32.1. The first kappa shape index (κ1) is 24.3. The summed E-state index contributed by atoms with van der Waals surface area (Å²) < 4.78 is 37.0. The molecule has 6 rings (SSSR count). The SMILES string of the molecule is C[C@@H]1CN2c3c(cc(C#Cc4ccc(-c5ccn[nH]5)s4)c(F)c3F)CC3(C(=O)NC(=O)NC3=O)[C@H]2[C@H](C)O1. The molecule has 12 heteroatoms. The fourth-order valence-corrected chi connectivity index (χ4v) is 6.53. The number of aromatic nitrogens is 2. The Hall–Kier alpha value is -4.08. The van der Waals surface area contributed by atoms with E-state index in [1.807, 2.05) is 12.1 Å². The number of H-pyrrole nitrogens is 1. The van der Waals surface area contributed by atoms with Gasteiger partial charge in [-0.25, -0.2) is 13.6 Å². The third-order valence-electron chi connectivity index (χ3n) is 7.16. The first-order chi connectivity index (χ1) is 18.2. The first-order valence-electron chi connectivity index (χ1n) is 11.9. The van der Waals surface area contributed by atoms with Gasteiger partial charge in [0.15, 0.2) is 17.0 Å². The Bertz CT molecular complexity index is 1540. The van der Waals surface area contributed by atoms with Gasteiger partial charge in [-0.3, -0.25) is 25.3 Å². The van der Waals surface area contributed by atoms with Crippen LogP contribution in [-0.4, -0.2) is 52.8 Å². The molecule has 0 bridgehead atoms. The zero-order valence-electron chi connectivity index (χ0n) is 20.2. The maximum absolute atomic E-state index is 15.7. The minimum absolute atomic E-state index is 0.0270. The molecule has 2 aromatic heterocycles. The number of amides is 4. The number of morpholine rings is 1. The molecule has 3 aliphatic heterocycles. The maximum Gasteiger partial charge on any atom is 0.328 e. The molecule has 2 fully saturated rings. The number of imide groups is 2. The van der Waals surface area contributed by atoms with Gasteiger partial charge in [-0.1, -0.05) is 11.8 Å². The van der Waals surface area contributed by atoms with Gasteiger partial charge in [-0.2, -0.15) is 5.10 Å². The molecule has 0 unspecified atom stereocenters. The molecule has 1 aromatic carbocycles. The minimum atomic E-state index is -1.79. The second-order valence-electron chi connectivity index (χ2n) is 9.58. The third kappa shape index (κ3) is 3.61. The maximum atomic E-state index is 15.7. The van der Waals surface area contributed by atoms with Crippen molar-refractivity contribution in [2.75, 3.05) is 11.4 Å². The van der Waals surface area contributed by atoms with Crippen molar-refractivity contribution in [2.24, 2.45) is 5.41 Å². The lowest BCUT2D eigenvalue weighted by atomic mass is 9.66. The highest BCUT2D eigenvalue weighted by Crippen LogP contribution is 2.48. The number of carbonyl (C=O) groups excluding carboxylic acids is 3. The van der Waals surface area contributed by atoms with Crippen molar-refractivity contribution < 1.29 is 27.9 Å². The Morgan fingerprint density at radius 2 is 1.87 bits per heavy atom. The topological polar surface area (TPSA) is 116 Å². The molecule has 38 heavy (non-hydrogen) atoms. The van der Waals surface area contributed by atoms with E-state index in [4.69, 9.17) is 4.74 Å². The molecule has 3 aromatic rings. The summed E-state index contributed by atoms with van der Waals surface area (Å²) in [4.78, 5) is 41.4. The number of nitrogens with one attached hydrogen (secondary N) is 3. The second-order valence-corrected chi connectivity index (χ2v) is 10.7. The molecule has 194 valence electrons. The number of hydrogen-bond donors (Lipinski definition) is 3. The third-order valence-corrected chi connectivity index (χ3v) is 8.19. The highest BCUT2D eigenvalue weighted by Gasteiger charge is 2.63. The van der Waals surface area contributed by atoms with Crippen LogP contribution in [0.15, 0.2) is 30.5 Å². The Morgan fingerprint density at radius 3 is 2.58 bits per heavy atom. The molecule has 4 amide bonds. The normalized spacial score (nSPS) is 23.7. The molecular weight excluding hydrogens is 516 g/mol. The van der Waals surface area contributed by atoms with Gasteiger partial charge in [0.2, 0.25) is 11.8 Å². The molecule has 3 N–H and O–H groups in total. The number of fused-ring (bicyclic) bond motifs is 4. The van der Waals surface area contributed by atoms with E-state index in [-0.39, 0.29) is 35.9 Å². The number of carbonyl (C=O) groups is 3. The number of anilines is 1. The van der Waals surface area contributed by atoms with Crippen LogP contribution in [0, 0.1) is 28.9 Å². The molecule has 3 aliphatic rings. The number of urea groups is 1. The van der Waals surface area contributed by atoms with E-state index in [2.05, 4.69) is 32.7 Å². The van der Waals surface area contributed by atoms with Crippen LogP contribution in [0.3, 0.4) is 0 Å². The number of rotatable bonds is 1. The number of nitrogens with zero attached hydrogens (tertiary/aromatic N) is 2. The zero-order valence-corrected chi connectivity index (χ0v) is 21.0. The fourth-order valence-electron chi connectivity index (χ4n) is 5.70. The number of thiophene rings is 1. The lowest BCUT2D eigenvalue weighted by molar-refractivity contribution is -0.153. The van der Waals surface area contributed by atoms with E-state index in [0.717, 1.165) is 10.6 Å². The summed E-state index contributed by atoms with van der Waals surface area (Å²) in [6.07, 6.45) is 0.291. The predicted molar refractivity (Wildman–Crippen MR) is 133 cm³/mol. The van der Waals surface area contributed by atoms with Crippen LogP contribution < -0.4 is 15.5 Å². The van der Waals surface area contributed by atoms with Gasteiger partial charge in [0.1, 0.15) is 0 Å². The number of halogens is 2. The summed E-state index contributed by atoms with van der Waals surface area (Å²) in [5, 5.41) is 11.1. The van der Waals surface area contributed by atoms with Crippen LogP contribution in [0.25, 0.3) is 10.6 Å². The summed E-state index contributed by atoms with van der Waals surface area (Å²) >= 11 is 1.36. The van der Waals surface area contributed by atoms with Crippen LogP contribution >= 0.6 is 11.3 Å². The summed E-state index contributed by atoms with van der Waals surface area (Å²) in [5.74, 6) is 1.75. The van der Waals surface area contributed by atoms with Gasteiger partial charge in [-0.05, 0) is 43.7 Å². The first-order valence-corrected chi connectivity index (χ1v) is 12.7. The van der Waals surface area contributed by atoms with Gasteiger partial charge < -0.3 is 9.64 Å². The van der Waals surface area contributed by atoms with Gasteiger partial charge in [0.05, 0.1) is 44.9 Å². The molecule has 1 spiro atoms. The molecule has 9 nitrogen and oxygen atoms in total. The average Bonchev–Trinajstić information content (AvgIpc) is 3.55. The Labute approximate surface area is 219 Å². The smallest absolute Gasteiger partial charge is 0.328 e. The largest absolute Gasteiger partial charge is 0.372 e. The number of benzene rings is 1. The highest BCUT2D eigenvalue weighted by molar-refractivity contribution is 7.16. The lowest BCUT2D eigenvalue weighted by Crippen LogP contribution is -2.75. The van der Waals surface area contributed by atoms with E-state index in [0.29, 0.717) is 4.88 Å². The van der Waals surface area contributed by atoms with E-state index in [1.54, 1.807) is 26.1 Å². The van der Waals surface area contributed by atoms with Gasteiger partial charge >= 0.3 is 6.03 Å². The summed E-state index contributed by atoms with van der Waals surface area (Å²) in [6, 6.07) is 4.91. The number of ether oxygens (including phenoxy) is 1. The minimum Gasteiger partial charge on any atom is -0.372 e. The Balaban J connectivity index is 1.45. The summed E-state index contributed by atoms with van der Waals surface area (Å²) in [5.41, 5.74) is -0.961. The van der Waals surface area contributed by atoms with Crippen LogP contribution in [0.4, 0.5) is 19.3 Å².